The van der Waals surface area contributed by atoms with E-state index in [4.69, 9.17) is 15.2 Å². The average Bonchev–Trinajstić information content (AvgIpc) is 2.78. The maximum Gasteiger partial charge on any atom is 0.339 e. The molecule has 1 amide bonds. The molecule has 0 aromatic heterocycles. The van der Waals surface area contributed by atoms with Gasteiger partial charge in [-0.3, -0.25) is 4.79 Å². The van der Waals surface area contributed by atoms with Gasteiger partial charge in [0.25, 0.3) is 0 Å². The summed E-state index contributed by atoms with van der Waals surface area (Å²) in [6.07, 6.45) is -0.405. The minimum atomic E-state index is -1.67. The fourth-order valence-electron chi connectivity index (χ4n) is 3.59. The van der Waals surface area contributed by atoms with E-state index in [-0.39, 0.29) is 22.8 Å². The smallest absolute Gasteiger partial charge is 0.339 e. The van der Waals surface area contributed by atoms with E-state index >= 15 is 0 Å². The molecule has 0 saturated heterocycles. The lowest BCUT2D eigenvalue weighted by Gasteiger charge is -2.34. The fraction of sp³-hybridized carbons (Fsp3) is 0.316. The summed E-state index contributed by atoms with van der Waals surface area (Å²) in [5, 5.41) is 9.77. The molecule has 26 heavy (non-hydrogen) atoms. The Morgan fingerprint density at radius 3 is 2.65 bits per heavy atom. The number of hydrogen-bond donors (Lipinski definition) is 1. The van der Waals surface area contributed by atoms with Gasteiger partial charge in [-0.1, -0.05) is 18.2 Å². The molecule has 1 atom stereocenters. The number of benzene rings is 1. The van der Waals surface area contributed by atoms with E-state index in [1.165, 1.54) is 11.8 Å². The molecule has 7 heteroatoms. The van der Waals surface area contributed by atoms with Crippen molar-refractivity contribution in [3.63, 3.8) is 0 Å². The number of nitrogens with zero attached hydrogens (tertiary/aromatic N) is 2. The van der Waals surface area contributed by atoms with Crippen LogP contribution in [0, 0.1) is 11.3 Å². The maximum atomic E-state index is 13.4. The van der Waals surface area contributed by atoms with Gasteiger partial charge in [-0.25, -0.2) is 4.79 Å². The zero-order valence-electron chi connectivity index (χ0n) is 15.0. The Morgan fingerprint density at radius 1 is 1.38 bits per heavy atom. The molecule has 1 spiro atoms. The number of rotatable bonds is 2. The largest absolute Gasteiger partial charge is 0.459 e. The van der Waals surface area contributed by atoms with E-state index in [9.17, 15) is 14.9 Å². The van der Waals surface area contributed by atoms with Crippen molar-refractivity contribution < 1.29 is 19.1 Å². The molecule has 1 aromatic rings. The molecule has 3 rings (SSSR count). The first-order valence-corrected chi connectivity index (χ1v) is 8.15. The van der Waals surface area contributed by atoms with Crippen LogP contribution in [-0.4, -0.2) is 25.0 Å². The molecule has 134 valence electrons. The van der Waals surface area contributed by atoms with Crippen LogP contribution in [0.15, 0.2) is 47.1 Å². The molecule has 2 aliphatic rings. The highest BCUT2D eigenvalue weighted by molar-refractivity contribution is 6.18. The van der Waals surface area contributed by atoms with Gasteiger partial charge in [-0.15, -0.1) is 0 Å². The highest BCUT2D eigenvalue weighted by atomic mass is 16.5. The molecule has 0 aliphatic carbocycles. The van der Waals surface area contributed by atoms with Crippen LogP contribution >= 0.6 is 0 Å². The van der Waals surface area contributed by atoms with Crippen molar-refractivity contribution in [1.82, 2.24) is 0 Å². The van der Waals surface area contributed by atoms with E-state index in [0.29, 0.717) is 11.3 Å². The lowest BCUT2D eigenvalue weighted by atomic mass is 9.68. The summed E-state index contributed by atoms with van der Waals surface area (Å²) >= 11 is 0. The van der Waals surface area contributed by atoms with E-state index < -0.39 is 23.4 Å². The summed E-state index contributed by atoms with van der Waals surface area (Å²) in [4.78, 5) is 27.7. The lowest BCUT2D eigenvalue weighted by Crippen LogP contribution is -2.48. The van der Waals surface area contributed by atoms with E-state index in [1.807, 2.05) is 6.07 Å². The van der Waals surface area contributed by atoms with Crippen molar-refractivity contribution in [1.29, 1.82) is 5.26 Å². The third-order valence-electron chi connectivity index (χ3n) is 4.57. The van der Waals surface area contributed by atoms with Crippen LogP contribution < -0.4 is 10.6 Å². The van der Waals surface area contributed by atoms with Crippen molar-refractivity contribution in [2.45, 2.75) is 32.3 Å². The molecule has 0 unspecified atom stereocenters. The zero-order chi connectivity index (χ0) is 19.2. The number of nitrogens with two attached hydrogens (primary N) is 1. The quantitative estimate of drug-likeness (QED) is 0.814. The summed E-state index contributed by atoms with van der Waals surface area (Å²) in [6, 6.07) is 8.97. The number of ether oxygens (including phenoxy) is 2. The molecular weight excluding hydrogens is 334 g/mol. The first-order chi connectivity index (χ1) is 12.3. The van der Waals surface area contributed by atoms with Crippen molar-refractivity contribution in [2.24, 2.45) is 5.73 Å². The molecule has 1 aromatic carbocycles. The van der Waals surface area contributed by atoms with Crippen molar-refractivity contribution in [2.75, 3.05) is 11.9 Å². The van der Waals surface area contributed by atoms with Crippen LogP contribution in [0.2, 0.25) is 0 Å². The molecule has 0 radical (unpaired) electrons. The van der Waals surface area contributed by atoms with Gasteiger partial charge in [0.1, 0.15) is 23.0 Å². The van der Waals surface area contributed by atoms with Gasteiger partial charge in [0.05, 0.1) is 6.10 Å². The third-order valence-corrected chi connectivity index (χ3v) is 4.57. The normalized spacial score (nSPS) is 21.8. The molecule has 2 N–H and O–H groups in total. The van der Waals surface area contributed by atoms with Crippen LogP contribution in [0.1, 0.15) is 26.3 Å². The number of esters is 1. The number of likely N-dealkylation sites (N-methyl/N-ethyl adjacent to an activating group) is 1. The van der Waals surface area contributed by atoms with Gasteiger partial charge in [-0.05, 0) is 26.8 Å². The monoisotopic (exact) mass is 353 g/mol. The summed E-state index contributed by atoms with van der Waals surface area (Å²) in [6.45, 7) is 4.94. The van der Waals surface area contributed by atoms with Crippen LogP contribution in [0.3, 0.4) is 0 Å². The minimum absolute atomic E-state index is 0.0150. The Labute approximate surface area is 151 Å². The summed E-state index contributed by atoms with van der Waals surface area (Å²) in [5.41, 5.74) is 5.25. The first kappa shape index (κ1) is 17.5. The Balaban J connectivity index is 2.39. The maximum absolute atomic E-state index is 13.4. The van der Waals surface area contributed by atoms with Crippen molar-refractivity contribution in [3.05, 3.63) is 52.6 Å². The van der Waals surface area contributed by atoms with E-state index in [2.05, 4.69) is 0 Å². The Bertz CT molecular complexity index is 923. The number of amides is 1. The SMILES string of the molecule is CC1=C(C(=O)OC(C)C)[C@@]2(C(=O)N(C)c3ccccc32)C(C#N)=C(N)O1. The van der Waals surface area contributed by atoms with Gasteiger partial charge in [-0.2, -0.15) is 5.26 Å². The average molecular weight is 353 g/mol. The van der Waals surface area contributed by atoms with Gasteiger partial charge in [0.2, 0.25) is 11.8 Å². The third kappa shape index (κ3) is 2.12. The number of nitriles is 1. The number of para-hydroxylation sites is 1. The minimum Gasteiger partial charge on any atom is -0.459 e. The van der Waals surface area contributed by atoms with E-state index in [0.717, 1.165) is 0 Å². The number of fused-ring (bicyclic) bond motifs is 2. The second-order valence-electron chi connectivity index (χ2n) is 6.47. The van der Waals surface area contributed by atoms with Crippen LogP contribution in [0.5, 0.6) is 0 Å². The number of anilines is 1. The number of allylic oxidation sites excluding steroid dienone is 1. The Kier molecular flexibility index (Phi) is 3.99. The number of carbonyl (C=O) groups excluding carboxylic acids is 2. The van der Waals surface area contributed by atoms with Crippen LogP contribution in [0.25, 0.3) is 0 Å². The van der Waals surface area contributed by atoms with Gasteiger partial charge in [0.15, 0.2) is 5.41 Å². The van der Waals surface area contributed by atoms with Gasteiger partial charge < -0.3 is 20.1 Å². The van der Waals surface area contributed by atoms with Gasteiger partial charge in [0, 0.05) is 18.3 Å². The summed E-state index contributed by atoms with van der Waals surface area (Å²) in [5.74, 6) is -1.21. The number of carbonyl (C=O) groups is 2. The second kappa shape index (κ2) is 5.92. The second-order valence-corrected chi connectivity index (χ2v) is 6.47. The van der Waals surface area contributed by atoms with Crippen molar-refractivity contribution >= 4 is 17.6 Å². The summed E-state index contributed by atoms with van der Waals surface area (Å²) in [7, 11) is 1.59. The molecule has 0 fully saturated rings. The Morgan fingerprint density at radius 2 is 2.04 bits per heavy atom. The topological polar surface area (TPSA) is 106 Å². The van der Waals surface area contributed by atoms with Crippen LogP contribution in [0.4, 0.5) is 5.69 Å². The Hall–Kier alpha value is -3.27. The molecule has 7 nitrogen and oxygen atoms in total. The highest BCUT2D eigenvalue weighted by Crippen LogP contribution is 2.53. The molecule has 0 bridgehead atoms. The van der Waals surface area contributed by atoms with Crippen LogP contribution in [-0.2, 0) is 24.5 Å². The van der Waals surface area contributed by atoms with Crippen molar-refractivity contribution in [3.8, 4) is 6.07 Å². The number of hydrogen-bond acceptors (Lipinski definition) is 6. The van der Waals surface area contributed by atoms with E-state index in [1.54, 1.807) is 45.2 Å². The predicted octanol–water partition coefficient (Wildman–Crippen LogP) is 1.85. The molecular formula is C19H19N3O4. The molecule has 2 aliphatic heterocycles. The molecule has 2 heterocycles. The standard InChI is InChI=1S/C19H19N3O4/c1-10(2)25-17(23)15-11(3)26-16(21)13(9-20)19(15)12-7-5-6-8-14(12)22(4)18(19)24/h5-8,10H,21H2,1-4H3/t19-/m0/s1. The predicted molar refractivity (Wildman–Crippen MR) is 93.4 cm³/mol. The first-order valence-electron chi connectivity index (χ1n) is 8.15. The fourth-order valence-corrected chi connectivity index (χ4v) is 3.59. The highest BCUT2D eigenvalue weighted by Gasteiger charge is 2.61. The van der Waals surface area contributed by atoms with Gasteiger partial charge >= 0.3 is 5.97 Å². The summed E-state index contributed by atoms with van der Waals surface area (Å²) < 4.78 is 10.8. The molecule has 0 saturated carbocycles. The zero-order valence-corrected chi connectivity index (χ0v) is 15.0. The lowest BCUT2D eigenvalue weighted by molar-refractivity contribution is -0.144.